The number of anilines is 1. The minimum absolute atomic E-state index is 0.207. The van der Waals surface area contributed by atoms with Crippen molar-refractivity contribution >= 4 is 23.3 Å². The van der Waals surface area contributed by atoms with Crippen LogP contribution < -0.4 is 10.6 Å². The van der Waals surface area contributed by atoms with E-state index in [4.69, 9.17) is 0 Å². The van der Waals surface area contributed by atoms with Crippen molar-refractivity contribution in [3.63, 3.8) is 0 Å². The third-order valence-electron chi connectivity index (χ3n) is 7.09. The number of piperidine rings is 1. The molecule has 1 aliphatic heterocycles. The molecule has 37 heavy (non-hydrogen) atoms. The zero-order valence-corrected chi connectivity index (χ0v) is 21.4. The third kappa shape index (κ3) is 8.70. The van der Waals surface area contributed by atoms with Gasteiger partial charge in [0, 0.05) is 29.8 Å². The molecule has 2 N–H and O–H groups in total. The molecule has 1 aliphatic rings. The van der Waals surface area contributed by atoms with Crippen LogP contribution >= 0.6 is 0 Å². The van der Waals surface area contributed by atoms with Gasteiger partial charge in [-0.05, 0) is 74.9 Å². The molecule has 1 saturated heterocycles. The quantitative estimate of drug-likeness (QED) is 0.235. The van der Waals surface area contributed by atoms with Crippen LogP contribution in [0.2, 0.25) is 0 Å². The highest BCUT2D eigenvalue weighted by molar-refractivity contribution is 6.02. The summed E-state index contributed by atoms with van der Waals surface area (Å²) in [6.45, 7) is 4.69. The van der Waals surface area contributed by atoms with Gasteiger partial charge in [0.1, 0.15) is 12.4 Å². The maximum absolute atomic E-state index is 13.4. The molecule has 1 fully saturated rings. The summed E-state index contributed by atoms with van der Waals surface area (Å²) in [5.41, 5.74) is 2.04. The SMILES string of the molecule is CC(=O)c1cc(NC(=O)NCCC[N+]2(CC(F)F)CCC(Cc3ccc(F)cc3)CC2)cc(C(C)=O)c1. The Kier molecular flexibility index (Phi) is 9.86. The van der Waals surface area contributed by atoms with E-state index in [0.717, 1.165) is 24.8 Å². The summed E-state index contributed by atoms with van der Waals surface area (Å²) >= 11 is 0. The highest BCUT2D eigenvalue weighted by Crippen LogP contribution is 2.28. The van der Waals surface area contributed by atoms with Gasteiger partial charge in [-0.2, -0.15) is 0 Å². The number of carbonyl (C=O) groups is 3. The maximum Gasteiger partial charge on any atom is 0.319 e. The topological polar surface area (TPSA) is 75.3 Å². The van der Waals surface area contributed by atoms with E-state index in [1.54, 1.807) is 12.1 Å². The van der Waals surface area contributed by atoms with E-state index >= 15 is 0 Å². The fourth-order valence-corrected chi connectivity index (χ4v) is 5.02. The number of alkyl halides is 2. The number of carbonyl (C=O) groups excluding carboxylic acids is 3. The largest absolute Gasteiger partial charge is 0.338 e. The molecule has 0 unspecified atom stereocenters. The molecule has 2 amide bonds. The molecule has 200 valence electrons. The van der Waals surface area contributed by atoms with Crippen LogP contribution in [-0.4, -0.2) is 61.2 Å². The zero-order valence-electron chi connectivity index (χ0n) is 21.4. The summed E-state index contributed by atoms with van der Waals surface area (Å²) in [6.07, 6.45) is 0.585. The van der Waals surface area contributed by atoms with Crippen molar-refractivity contribution in [3.05, 3.63) is 65.0 Å². The van der Waals surface area contributed by atoms with E-state index < -0.39 is 12.5 Å². The minimum Gasteiger partial charge on any atom is -0.338 e. The number of halogens is 3. The number of quaternary nitrogens is 1. The van der Waals surface area contributed by atoms with Crippen LogP contribution in [-0.2, 0) is 6.42 Å². The summed E-state index contributed by atoms with van der Waals surface area (Å²) in [6, 6.07) is 10.5. The normalized spacial score (nSPS) is 19.5. The molecule has 3 rings (SSSR count). The smallest absolute Gasteiger partial charge is 0.319 e. The maximum atomic E-state index is 13.4. The van der Waals surface area contributed by atoms with E-state index in [9.17, 15) is 27.6 Å². The van der Waals surface area contributed by atoms with E-state index in [0.29, 0.717) is 59.8 Å². The second kappa shape index (κ2) is 12.9. The van der Waals surface area contributed by atoms with Crippen LogP contribution in [0, 0.1) is 11.7 Å². The predicted octanol–water partition coefficient (Wildman–Crippen LogP) is 5.48. The Labute approximate surface area is 215 Å². The molecule has 0 aromatic heterocycles. The first-order valence-electron chi connectivity index (χ1n) is 12.6. The number of amides is 2. The Balaban J connectivity index is 1.49. The second-order valence-electron chi connectivity index (χ2n) is 10.0. The van der Waals surface area contributed by atoms with Crippen molar-refractivity contribution in [2.45, 2.75) is 46.0 Å². The number of nitrogens with one attached hydrogen (secondary N) is 2. The van der Waals surface area contributed by atoms with Gasteiger partial charge in [0.25, 0.3) is 6.43 Å². The predicted molar refractivity (Wildman–Crippen MR) is 137 cm³/mol. The molecule has 0 radical (unpaired) electrons. The lowest BCUT2D eigenvalue weighted by molar-refractivity contribution is -0.937. The van der Waals surface area contributed by atoms with Crippen LogP contribution in [0.25, 0.3) is 0 Å². The van der Waals surface area contributed by atoms with Crippen molar-refractivity contribution < 1.29 is 32.0 Å². The third-order valence-corrected chi connectivity index (χ3v) is 7.09. The summed E-state index contributed by atoms with van der Waals surface area (Å²) in [5, 5.41) is 5.38. The number of ketones is 2. The van der Waals surface area contributed by atoms with Crippen LogP contribution in [0.1, 0.15) is 59.4 Å². The highest BCUT2D eigenvalue weighted by Gasteiger charge is 2.36. The molecule has 9 heteroatoms. The lowest BCUT2D eigenvalue weighted by atomic mass is 9.88. The molecule has 2 aromatic carbocycles. The first-order valence-corrected chi connectivity index (χ1v) is 12.6. The van der Waals surface area contributed by atoms with Gasteiger partial charge in [-0.1, -0.05) is 12.1 Å². The molecule has 0 aliphatic carbocycles. The lowest BCUT2D eigenvalue weighted by Crippen LogP contribution is -2.56. The monoisotopic (exact) mass is 518 g/mol. The van der Waals surface area contributed by atoms with Gasteiger partial charge >= 0.3 is 6.03 Å². The fraction of sp³-hybridized carbons (Fsp3) is 0.464. The van der Waals surface area contributed by atoms with E-state index in [2.05, 4.69) is 10.6 Å². The standard InChI is InChI=1S/C28H34F3N3O3/c1-19(35)23-15-24(20(2)36)17-26(16-23)33-28(37)32-10-3-11-34(18-27(30)31)12-8-22(9-13-34)14-21-4-6-25(29)7-5-21/h4-7,15-17,22,27H,3,8-14,18H2,1-2H3,(H-,32,33,37)/p+1. The van der Waals surface area contributed by atoms with Crippen LogP contribution in [0.4, 0.5) is 23.7 Å². The van der Waals surface area contributed by atoms with E-state index in [1.165, 1.54) is 44.2 Å². The Morgan fingerprint density at radius 3 is 2.11 bits per heavy atom. The fourth-order valence-electron chi connectivity index (χ4n) is 5.02. The number of Topliss-reactive ketones (excluding diaryl/α,β-unsaturated/α-hetero) is 2. The van der Waals surface area contributed by atoms with Crippen molar-refractivity contribution in [2.24, 2.45) is 5.92 Å². The lowest BCUT2D eigenvalue weighted by Gasteiger charge is -2.43. The van der Waals surface area contributed by atoms with Gasteiger partial charge in [-0.25, -0.2) is 18.0 Å². The molecule has 0 spiro atoms. The van der Waals surface area contributed by atoms with Crippen LogP contribution in [0.3, 0.4) is 0 Å². The van der Waals surface area contributed by atoms with Crippen molar-refractivity contribution in [1.29, 1.82) is 0 Å². The first kappa shape index (κ1) is 28.4. The summed E-state index contributed by atoms with van der Waals surface area (Å²) in [5.74, 6) is -0.335. The zero-order chi connectivity index (χ0) is 27.0. The van der Waals surface area contributed by atoms with Crippen LogP contribution in [0.15, 0.2) is 42.5 Å². The molecule has 2 aromatic rings. The van der Waals surface area contributed by atoms with E-state index in [1.807, 2.05) is 0 Å². The molecular formula is C28H35F3N3O3+. The second-order valence-corrected chi connectivity index (χ2v) is 10.0. The number of hydrogen-bond acceptors (Lipinski definition) is 3. The highest BCUT2D eigenvalue weighted by atomic mass is 19.3. The van der Waals surface area contributed by atoms with Gasteiger partial charge in [-0.15, -0.1) is 0 Å². The summed E-state index contributed by atoms with van der Waals surface area (Å²) in [7, 11) is 0. The average molecular weight is 519 g/mol. The Bertz CT molecular complexity index is 1070. The molecule has 6 nitrogen and oxygen atoms in total. The molecule has 0 saturated carbocycles. The van der Waals surface area contributed by atoms with Gasteiger partial charge in [-0.3, -0.25) is 9.59 Å². The Morgan fingerprint density at radius 2 is 1.57 bits per heavy atom. The number of urea groups is 1. The van der Waals surface area contributed by atoms with Crippen molar-refractivity contribution in [1.82, 2.24) is 5.32 Å². The minimum atomic E-state index is -2.41. The molecule has 0 bridgehead atoms. The Morgan fingerprint density at radius 1 is 0.973 bits per heavy atom. The van der Waals surface area contributed by atoms with Crippen molar-refractivity contribution in [2.75, 3.05) is 38.0 Å². The number of likely N-dealkylation sites (tertiary alicyclic amines) is 1. The first-order chi connectivity index (χ1) is 17.5. The summed E-state index contributed by atoms with van der Waals surface area (Å²) < 4.78 is 40.3. The van der Waals surface area contributed by atoms with E-state index in [-0.39, 0.29) is 23.9 Å². The Hall–Kier alpha value is -3.20. The number of rotatable bonds is 11. The van der Waals surface area contributed by atoms with Gasteiger partial charge in [0.05, 0.1) is 19.6 Å². The van der Waals surface area contributed by atoms with Gasteiger partial charge in [0.2, 0.25) is 0 Å². The average Bonchev–Trinajstić information content (AvgIpc) is 2.84. The van der Waals surface area contributed by atoms with Gasteiger partial charge < -0.3 is 15.1 Å². The molecule has 0 atom stereocenters. The molecule has 1 heterocycles. The number of nitrogens with zero attached hydrogens (tertiary/aromatic N) is 1. The van der Waals surface area contributed by atoms with Crippen molar-refractivity contribution in [3.8, 4) is 0 Å². The molecular weight excluding hydrogens is 483 g/mol. The number of hydrogen-bond donors (Lipinski definition) is 2. The van der Waals surface area contributed by atoms with Crippen LogP contribution in [0.5, 0.6) is 0 Å². The summed E-state index contributed by atoms with van der Waals surface area (Å²) in [4.78, 5) is 35.9. The number of benzene rings is 2. The van der Waals surface area contributed by atoms with Gasteiger partial charge in [0.15, 0.2) is 11.6 Å².